The zero-order chi connectivity index (χ0) is 24.9. The molecular formula is C21H14F6N4O2S. The molecule has 0 amide bonds. The fourth-order valence-electron chi connectivity index (χ4n) is 3.15. The maximum Gasteiger partial charge on any atom is 0.459 e. The Balaban J connectivity index is 1.86. The standard InChI is InChI=1S/C21H14F6N4O2S/c1-2-34(32,33)16-7-13(12-3-5-14(22)6-4-12)9-28-19(16)15-10-31-11-29-17(8-18(31)30-15)20(23,24)21(25,26)27/h3-11H,2H2,1H3. The van der Waals surface area contributed by atoms with Crippen molar-refractivity contribution in [1.29, 1.82) is 0 Å². The molecule has 0 N–H and O–H groups in total. The molecule has 0 radical (unpaired) electrons. The number of hydrogen-bond acceptors (Lipinski definition) is 5. The Bertz CT molecular complexity index is 1480. The molecule has 3 heterocycles. The van der Waals surface area contributed by atoms with Crippen LogP contribution in [0.4, 0.5) is 26.3 Å². The monoisotopic (exact) mass is 500 g/mol. The van der Waals surface area contributed by atoms with Crippen molar-refractivity contribution in [3.05, 3.63) is 66.6 Å². The van der Waals surface area contributed by atoms with Crippen LogP contribution >= 0.6 is 0 Å². The number of rotatable bonds is 5. The van der Waals surface area contributed by atoms with Crippen LogP contribution in [0.2, 0.25) is 0 Å². The van der Waals surface area contributed by atoms with Crippen LogP contribution in [0.25, 0.3) is 28.2 Å². The van der Waals surface area contributed by atoms with Gasteiger partial charge in [-0.15, -0.1) is 0 Å². The van der Waals surface area contributed by atoms with Crippen LogP contribution in [0.1, 0.15) is 12.6 Å². The van der Waals surface area contributed by atoms with Crippen molar-refractivity contribution < 1.29 is 34.8 Å². The molecular weight excluding hydrogens is 486 g/mol. The molecule has 0 fully saturated rings. The van der Waals surface area contributed by atoms with Gasteiger partial charge < -0.3 is 0 Å². The summed E-state index contributed by atoms with van der Waals surface area (Å²) in [4.78, 5) is 11.1. The number of fused-ring (bicyclic) bond motifs is 1. The number of aromatic nitrogens is 4. The van der Waals surface area contributed by atoms with E-state index in [1.807, 2.05) is 0 Å². The molecule has 13 heteroatoms. The van der Waals surface area contributed by atoms with Gasteiger partial charge in [0.05, 0.1) is 10.6 Å². The van der Waals surface area contributed by atoms with Crippen molar-refractivity contribution in [2.24, 2.45) is 0 Å². The zero-order valence-corrected chi connectivity index (χ0v) is 18.0. The second kappa shape index (κ2) is 8.08. The average molecular weight is 500 g/mol. The minimum Gasteiger partial charge on any atom is -0.290 e. The zero-order valence-electron chi connectivity index (χ0n) is 17.2. The van der Waals surface area contributed by atoms with Gasteiger partial charge in [-0.1, -0.05) is 19.1 Å². The maximum absolute atomic E-state index is 13.7. The summed E-state index contributed by atoms with van der Waals surface area (Å²) in [5, 5.41) is 0. The van der Waals surface area contributed by atoms with Crippen LogP contribution in [0, 0.1) is 5.82 Å². The van der Waals surface area contributed by atoms with Crippen molar-refractivity contribution in [1.82, 2.24) is 19.4 Å². The van der Waals surface area contributed by atoms with Crippen LogP contribution in [-0.4, -0.2) is 39.7 Å². The molecule has 6 nitrogen and oxygen atoms in total. The quantitative estimate of drug-likeness (QED) is 0.359. The van der Waals surface area contributed by atoms with Crippen molar-refractivity contribution in [3.63, 3.8) is 0 Å². The van der Waals surface area contributed by atoms with Crippen LogP contribution < -0.4 is 0 Å². The topological polar surface area (TPSA) is 77.2 Å². The van der Waals surface area contributed by atoms with E-state index in [9.17, 15) is 34.8 Å². The minimum atomic E-state index is -5.85. The van der Waals surface area contributed by atoms with Crippen LogP contribution in [0.5, 0.6) is 0 Å². The lowest BCUT2D eigenvalue weighted by Crippen LogP contribution is -2.34. The highest BCUT2D eigenvalue weighted by molar-refractivity contribution is 7.91. The molecule has 0 aliphatic rings. The van der Waals surface area contributed by atoms with Crippen molar-refractivity contribution >= 4 is 15.5 Å². The molecule has 0 aliphatic carbocycles. The normalized spacial score (nSPS) is 12.9. The molecule has 0 saturated heterocycles. The van der Waals surface area contributed by atoms with E-state index in [1.54, 1.807) is 0 Å². The summed E-state index contributed by atoms with van der Waals surface area (Å²) in [5.41, 5.74) is -1.20. The predicted octanol–water partition coefficient (Wildman–Crippen LogP) is 5.05. The highest BCUT2D eigenvalue weighted by Crippen LogP contribution is 2.43. The van der Waals surface area contributed by atoms with Crippen molar-refractivity contribution in [3.8, 4) is 22.5 Å². The second-order valence-electron chi connectivity index (χ2n) is 7.22. The van der Waals surface area contributed by atoms with Gasteiger partial charge in [0.25, 0.3) is 0 Å². The molecule has 4 aromatic rings. The molecule has 4 rings (SSSR count). The summed E-state index contributed by atoms with van der Waals surface area (Å²) in [6.45, 7) is 1.41. The third kappa shape index (κ3) is 4.11. The molecule has 0 atom stereocenters. The van der Waals surface area contributed by atoms with Crippen LogP contribution in [-0.2, 0) is 15.8 Å². The number of imidazole rings is 1. The van der Waals surface area contributed by atoms with Gasteiger partial charge in [-0.25, -0.2) is 22.8 Å². The Morgan fingerprint density at radius 2 is 1.65 bits per heavy atom. The first kappa shape index (κ1) is 23.7. The van der Waals surface area contributed by atoms with Gasteiger partial charge in [-0.2, -0.15) is 22.0 Å². The van der Waals surface area contributed by atoms with E-state index in [4.69, 9.17) is 0 Å². The number of hydrogen-bond donors (Lipinski definition) is 0. The first-order valence-electron chi connectivity index (χ1n) is 9.62. The van der Waals surface area contributed by atoms with E-state index in [-0.39, 0.29) is 27.7 Å². The predicted molar refractivity (Wildman–Crippen MR) is 109 cm³/mol. The second-order valence-corrected chi connectivity index (χ2v) is 9.47. The van der Waals surface area contributed by atoms with Gasteiger partial charge in [-0.3, -0.25) is 9.38 Å². The summed E-state index contributed by atoms with van der Waals surface area (Å²) in [6.07, 6.45) is -2.59. The lowest BCUT2D eigenvalue weighted by molar-refractivity contribution is -0.290. The fourth-order valence-corrected chi connectivity index (χ4v) is 4.22. The highest BCUT2D eigenvalue weighted by Gasteiger charge is 2.60. The molecule has 34 heavy (non-hydrogen) atoms. The third-order valence-electron chi connectivity index (χ3n) is 5.01. The molecule has 3 aromatic heterocycles. The maximum atomic E-state index is 13.7. The third-order valence-corrected chi connectivity index (χ3v) is 6.76. The van der Waals surface area contributed by atoms with E-state index in [1.165, 1.54) is 49.6 Å². The molecule has 0 spiro atoms. The SMILES string of the molecule is CCS(=O)(=O)c1cc(-c2ccc(F)cc2)cnc1-c1cn2cnc(C(F)(F)C(F)(F)F)cc2n1. The van der Waals surface area contributed by atoms with Crippen LogP contribution in [0.3, 0.4) is 0 Å². The van der Waals surface area contributed by atoms with Gasteiger partial charge in [0, 0.05) is 24.0 Å². The number of halogens is 6. The van der Waals surface area contributed by atoms with Gasteiger partial charge in [-0.05, 0) is 23.8 Å². The summed E-state index contributed by atoms with van der Waals surface area (Å²) in [5.74, 6) is -5.98. The van der Waals surface area contributed by atoms with E-state index < -0.39 is 33.4 Å². The van der Waals surface area contributed by atoms with Gasteiger partial charge in [0.15, 0.2) is 9.84 Å². The number of sulfone groups is 1. The van der Waals surface area contributed by atoms with Gasteiger partial charge in [0.2, 0.25) is 0 Å². The first-order chi connectivity index (χ1) is 15.8. The molecule has 0 aliphatic heterocycles. The minimum absolute atomic E-state index is 0.0769. The summed E-state index contributed by atoms with van der Waals surface area (Å²) >= 11 is 0. The number of benzene rings is 1. The van der Waals surface area contributed by atoms with E-state index in [0.29, 0.717) is 17.2 Å². The molecule has 0 bridgehead atoms. The number of nitrogens with zero attached hydrogens (tertiary/aromatic N) is 4. The van der Waals surface area contributed by atoms with E-state index in [2.05, 4.69) is 15.0 Å². The smallest absolute Gasteiger partial charge is 0.290 e. The van der Waals surface area contributed by atoms with E-state index in [0.717, 1.165) is 10.7 Å². The van der Waals surface area contributed by atoms with Crippen molar-refractivity contribution in [2.45, 2.75) is 23.9 Å². The highest BCUT2D eigenvalue weighted by atomic mass is 32.2. The summed E-state index contributed by atoms with van der Waals surface area (Å²) < 4.78 is 105. The van der Waals surface area contributed by atoms with Crippen molar-refractivity contribution in [2.75, 3.05) is 5.75 Å². The Morgan fingerprint density at radius 3 is 2.26 bits per heavy atom. The Labute approximate surface area is 188 Å². The largest absolute Gasteiger partial charge is 0.459 e. The first-order valence-corrected chi connectivity index (χ1v) is 11.3. The lowest BCUT2D eigenvalue weighted by atomic mass is 10.1. The Kier molecular flexibility index (Phi) is 5.62. The number of pyridine rings is 1. The molecule has 1 aromatic carbocycles. The molecule has 0 saturated carbocycles. The average Bonchev–Trinajstić information content (AvgIpc) is 3.22. The van der Waals surface area contributed by atoms with Gasteiger partial charge in [0.1, 0.15) is 34.9 Å². The molecule has 178 valence electrons. The van der Waals surface area contributed by atoms with Gasteiger partial charge >= 0.3 is 12.1 Å². The fraction of sp³-hybridized carbons (Fsp3) is 0.190. The Hall–Kier alpha value is -3.48. The summed E-state index contributed by atoms with van der Waals surface area (Å²) in [6, 6.07) is 7.06. The van der Waals surface area contributed by atoms with Crippen LogP contribution in [0.15, 0.2) is 60.0 Å². The molecule has 0 unspecified atom stereocenters. The van der Waals surface area contributed by atoms with E-state index >= 15 is 0 Å². The number of alkyl halides is 5. The summed E-state index contributed by atoms with van der Waals surface area (Å²) in [7, 11) is -3.87. The Morgan fingerprint density at radius 1 is 0.971 bits per heavy atom. The lowest BCUT2D eigenvalue weighted by Gasteiger charge is -2.18.